The maximum atomic E-state index is 13.1. The predicted molar refractivity (Wildman–Crippen MR) is 78.1 cm³/mol. The molecule has 0 bridgehead atoms. The quantitative estimate of drug-likeness (QED) is 0.892. The summed E-state index contributed by atoms with van der Waals surface area (Å²) < 4.78 is 45.1. The molecule has 2 aromatic carbocycles. The molecule has 0 amide bonds. The van der Waals surface area contributed by atoms with Crippen molar-refractivity contribution in [3.63, 3.8) is 0 Å². The Morgan fingerprint density at radius 2 is 1.86 bits per heavy atom. The van der Waals surface area contributed by atoms with Crippen molar-refractivity contribution in [2.45, 2.75) is 17.9 Å². The van der Waals surface area contributed by atoms with Crippen LogP contribution in [0.15, 0.2) is 59.5 Å². The highest BCUT2D eigenvalue weighted by Crippen LogP contribution is 2.12. The number of sulfonamides is 1. The lowest BCUT2D eigenvalue weighted by atomic mass is 10.3. The lowest BCUT2D eigenvalue weighted by Gasteiger charge is -2.15. The number of halogens is 1. The van der Waals surface area contributed by atoms with Crippen molar-refractivity contribution < 1.29 is 17.5 Å². The number of nitrogens with one attached hydrogen (secondary N) is 1. The molecule has 0 spiro atoms. The lowest BCUT2D eigenvalue weighted by Crippen LogP contribution is -2.33. The fraction of sp³-hybridized carbons (Fsp3) is 0.200. The van der Waals surface area contributed by atoms with Gasteiger partial charge in [0.15, 0.2) is 0 Å². The average Bonchev–Trinajstić information content (AvgIpc) is 2.46. The highest BCUT2D eigenvalue weighted by atomic mass is 32.2. The molecule has 2 aromatic rings. The monoisotopic (exact) mass is 309 g/mol. The molecule has 0 radical (unpaired) electrons. The van der Waals surface area contributed by atoms with Gasteiger partial charge in [-0.05, 0) is 37.3 Å². The molecule has 0 fully saturated rings. The molecular weight excluding hydrogens is 293 g/mol. The largest absolute Gasteiger partial charge is 0.489 e. The van der Waals surface area contributed by atoms with E-state index in [1.807, 2.05) is 18.2 Å². The van der Waals surface area contributed by atoms with Gasteiger partial charge in [-0.25, -0.2) is 17.5 Å². The molecule has 21 heavy (non-hydrogen) atoms. The van der Waals surface area contributed by atoms with E-state index >= 15 is 0 Å². The number of hydrogen-bond acceptors (Lipinski definition) is 3. The first kappa shape index (κ1) is 15.5. The fourth-order valence-electron chi connectivity index (χ4n) is 1.72. The number of hydrogen-bond donors (Lipinski definition) is 1. The maximum absolute atomic E-state index is 13.1. The van der Waals surface area contributed by atoms with E-state index in [4.69, 9.17) is 4.74 Å². The van der Waals surface area contributed by atoms with Crippen LogP contribution in [0.4, 0.5) is 4.39 Å². The molecule has 6 heteroatoms. The maximum Gasteiger partial charge on any atom is 0.240 e. The van der Waals surface area contributed by atoms with Crippen molar-refractivity contribution in [2.75, 3.05) is 6.54 Å². The van der Waals surface area contributed by atoms with Crippen LogP contribution < -0.4 is 9.46 Å². The first-order chi connectivity index (χ1) is 9.97. The zero-order chi connectivity index (χ0) is 15.3. The van der Waals surface area contributed by atoms with Crippen LogP contribution in [0, 0.1) is 5.82 Å². The van der Waals surface area contributed by atoms with E-state index in [0.717, 1.165) is 6.07 Å². The third-order valence-corrected chi connectivity index (χ3v) is 4.17. The Balaban J connectivity index is 1.95. The van der Waals surface area contributed by atoms with Gasteiger partial charge in [0.2, 0.25) is 10.0 Å². The van der Waals surface area contributed by atoms with Gasteiger partial charge in [-0.15, -0.1) is 0 Å². The van der Waals surface area contributed by atoms with E-state index < -0.39 is 15.8 Å². The Morgan fingerprint density at radius 3 is 2.52 bits per heavy atom. The van der Waals surface area contributed by atoms with Crippen molar-refractivity contribution in [1.29, 1.82) is 0 Å². The minimum Gasteiger partial charge on any atom is -0.489 e. The standard InChI is InChI=1S/C15H16FNO3S/c1-12(20-14-7-3-2-4-8-14)11-17-21(18,19)15-9-5-6-13(16)10-15/h2-10,12,17H,11H2,1H3. The molecule has 0 aliphatic rings. The molecule has 0 saturated carbocycles. The van der Waals surface area contributed by atoms with Gasteiger partial charge in [-0.3, -0.25) is 0 Å². The van der Waals surface area contributed by atoms with E-state index in [1.165, 1.54) is 18.2 Å². The summed E-state index contributed by atoms with van der Waals surface area (Å²) in [7, 11) is -3.74. The van der Waals surface area contributed by atoms with Crippen molar-refractivity contribution in [1.82, 2.24) is 4.72 Å². The van der Waals surface area contributed by atoms with E-state index in [0.29, 0.717) is 5.75 Å². The number of para-hydroxylation sites is 1. The second-order valence-corrected chi connectivity index (χ2v) is 6.32. The van der Waals surface area contributed by atoms with Gasteiger partial charge >= 0.3 is 0 Å². The summed E-state index contributed by atoms with van der Waals surface area (Å²) in [6.07, 6.45) is -0.351. The Bertz CT molecular complexity index is 689. The molecule has 112 valence electrons. The Labute approximate surface area is 123 Å². The highest BCUT2D eigenvalue weighted by Gasteiger charge is 2.16. The zero-order valence-corrected chi connectivity index (χ0v) is 12.3. The fourth-order valence-corrected chi connectivity index (χ4v) is 2.86. The van der Waals surface area contributed by atoms with E-state index in [9.17, 15) is 12.8 Å². The smallest absolute Gasteiger partial charge is 0.240 e. The number of rotatable bonds is 6. The van der Waals surface area contributed by atoms with Gasteiger partial charge in [-0.1, -0.05) is 24.3 Å². The molecule has 0 aromatic heterocycles. The number of ether oxygens (including phenoxy) is 1. The van der Waals surface area contributed by atoms with Crippen molar-refractivity contribution >= 4 is 10.0 Å². The summed E-state index contributed by atoms with van der Waals surface area (Å²) in [4.78, 5) is -0.102. The molecule has 0 heterocycles. The van der Waals surface area contributed by atoms with Gasteiger partial charge < -0.3 is 4.74 Å². The Hall–Kier alpha value is -1.92. The van der Waals surface area contributed by atoms with Crippen LogP contribution in [0.3, 0.4) is 0 Å². The molecule has 0 saturated heterocycles. The van der Waals surface area contributed by atoms with Crippen molar-refractivity contribution in [3.8, 4) is 5.75 Å². The van der Waals surface area contributed by atoms with E-state index in [-0.39, 0.29) is 17.5 Å². The normalized spacial score (nSPS) is 12.9. The van der Waals surface area contributed by atoms with Crippen LogP contribution in [0.5, 0.6) is 5.75 Å². The summed E-state index contributed by atoms with van der Waals surface area (Å²) in [5.74, 6) is 0.0708. The average molecular weight is 309 g/mol. The first-order valence-electron chi connectivity index (χ1n) is 6.44. The van der Waals surface area contributed by atoms with Gasteiger partial charge in [0, 0.05) is 6.54 Å². The Kier molecular flexibility index (Phi) is 4.93. The minimum atomic E-state index is -3.74. The molecular formula is C15H16FNO3S. The molecule has 2 rings (SSSR count). The molecule has 0 aliphatic heterocycles. The SMILES string of the molecule is CC(CNS(=O)(=O)c1cccc(F)c1)Oc1ccccc1. The molecule has 0 aliphatic carbocycles. The van der Waals surface area contributed by atoms with Crippen LogP contribution in [0.1, 0.15) is 6.92 Å². The second-order valence-electron chi connectivity index (χ2n) is 4.55. The molecule has 1 atom stereocenters. The second kappa shape index (κ2) is 6.69. The summed E-state index contributed by atoms with van der Waals surface area (Å²) in [5, 5.41) is 0. The van der Waals surface area contributed by atoms with Gasteiger partial charge in [0.05, 0.1) is 4.90 Å². The van der Waals surface area contributed by atoms with Crippen LogP contribution in [-0.4, -0.2) is 21.1 Å². The van der Waals surface area contributed by atoms with E-state index in [1.54, 1.807) is 19.1 Å². The number of benzene rings is 2. The van der Waals surface area contributed by atoms with Gasteiger partial charge in [0.1, 0.15) is 17.7 Å². The lowest BCUT2D eigenvalue weighted by molar-refractivity contribution is 0.225. The van der Waals surface area contributed by atoms with E-state index in [2.05, 4.69) is 4.72 Å². The van der Waals surface area contributed by atoms with Crippen LogP contribution >= 0.6 is 0 Å². The first-order valence-corrected chi connectivity index (χ1v) is 7.92. The van der Waals surface area contributed by atoms with Crippen LogP contribution in [0.25, 0.3) is 0 Å². The summed E-state index contributed by atoms with van der Waals surface area (Å²) in [6.45, 7) is 1.84. The van der Waals surface area contributed by atoms with Gasteiger partial charge in [-0.2, -0.15) is 0 Å². The van der Waals surface area contributed by atoms with Crippen LogP contribution in [-0.2, 0) is 10.0 Å². The minimum absolute atomic E-state index is 0.0910. The topological polar surface area (TPSA) is 55.4 Å². The zero-order valence-electron chi connectivity index (χ0n) is 11.5. The molecule has 4 nitrogen and oxygen atoms in total. The Morgan fingerprint density at radius 1 is 1.14 bits per heavy atom. The van der Waals surface area contributed by atoms with Crippen LogP contribution in [0.2, 0.25) is 0 Å². The third-order valence-electron chi connectivity index (χ3n) is 2.75. The van der Waals surface area contributed by atoms with Crippen molar-refractivity contribution in [2.24, 2.45) is 0 Å². The third kappa shape index (κ3) is 4.54. The summed E-state index contributed by atoms with van der Waals surface area (Å²) >= 11 is 0. The van der Waals surface area contributed by atoms with Gasteiger partial charge in [0.25, 0.3) is 0 Å². The van der Waals surface area contributed by atoms with Crippen molar-refractivity contribution in [3.05, 3.63) is 60.4 Å². The predicted octanol–water partition coefficient (Wildman–Crippen LogP) is 2.57. The highest BCUT2D eigenvalue weighted by molar-refractivity contribution is 7.89. The summed E-state index contributed by atoms with van der Waals surface area (Å²) in [5.41, 5.74) is 0. The molecule has 1 N–H and O–H groups in total. The molecule has 1 unspecified atom stereocenters. The summed E-state index contributed by atoms with van der Waals surface area (Å²) in [6, 6.07) is 14.0.